The summed E-state index contributed by atoms with van der Waals surface area (Å²) in [6.45, 7) is 3.43. The highest BCUT2D eigenvalue weighted by molar-refractivity contribution is 5.95. The van der Waals surface area contributed by atoms with Gasteiger partial charge >= 0.3 is 0 Å². The van der Waals surface area contributed by atoms with E-state index in [1.165, 1.54) is 0 Å². The summed E-state index contributed by atoms with van der Waals surface area (Å²) in [5.41, 5.74) is 0.995. The molecule has 0 fully saturated rings. The van der Waals surface area contributed by atoms with Crippen molar-refractivity contribution in [2.45, 2.75) is 6.42 Å². The zero-order chi connectivity index (χ0) is 10.4. The minimum Gasteiger partial charge on any atom is -0.326 e. The fourth-order valence-corrected chi connectivity index (χ4v) is 0.975. The summed E-state index contributed by atoms with van der Waals surface area (Å²) in [6, 6.07) is 9.07. The number of para-hydroxylation sites is 1. The van der Waals surface area contributed by atoms with Crippen LogP contribution in [0.3, 0.4) is 0 Å². The molecule has 1 aromatic carbocycles. The van der Waals surface area contributed by atoms with Gasteiger partial charge in [-0.2, -0.15) is 0 Å². The van der Waals surface area contributed by atoms with Crippen molar-refractivity contribution in [3.63, 3.8) is 0 Å². The first kappa shape index (κ1) is 10.2. The number of hydrogen-bond acceptors (Lipinski definition) is 2. The zero-order valence-electron chi connectivity index (χ0n) is 7.69. The Kier molecular flexibility index (Phi) is 3.61. The Morgan fingerprint density at radius 3 is 2.57 bits per heavy atom. The summed E-state index contributed by atoms with van der Waals surface area (Å²) in [5, 5.41) is 2.65. The largest absolute Gasteiger partial charge is 0.326 e. The Labute approximate surface area is 82.4 Å². The SMILES string of the molecule is C=C(C=O)CC(=O)Nc1ccccc1. The van der Waals surface area contributed by atoms with E-state index < -0.39 is 0 Å². The van der Waals surface area contributed by atoms with Crippen LogP contribution in [0.15, 0.2) is 42.5 Å². The van der Waals surface area contributed by atoms with Crippen LogP contribution in [0.1, 0.15) is 6.42 Å². The van der Waals surface area contributed by atoms with Gasteiger partial charge < -0.3 is 5.32 Å². The van der Waals surface area contributed by atoms with Gasteiger partial charge in [-0.1, -0.05) is 24.8 Å². The summed E-state index contributed by atoms with van der Waals surface area (Å²) >= 11 is 0. The molecule has 3 heteroatoms. The van der Waals surface area contributed by atoms with E-state index in [-0.39, 0.29) is 17.9 Å². The van der Waals surface area contributed by atoms with E-state index in [0.29, 0.717) is 6.29 Å². The summed E-state index contributed by atoms with van der Waals surface area (Å²) < 4.78 is 0. The normalized spacial score (nSPS) is 9.14. The molecular formula is C11H11NO2. The lowest BCUT2D eigenvalue weighted by atomic mass is 10.2. The molecule has 0 aromatic heterocycles. The maximum atomic E-state index is 11.3. The first-order valence-corrected chi connectivity index (χ1v) is 4.20. The van der Waals surface area contributed by atoms with Gasteiger partial charge in [-0.25, -0.2) is 0 Å². The van der Waals surface area contributed by atoms with Gasteiger partial charge in [-0.15, -0.1) is 0 Å². The molecule has 0 saturated carbocycles. The number of anilines is 1. The van der Waals surface area contributed by atoms with Crippen molar-refractivity contribution in [2.24, 2.45) is 0 Å². The third kappa shape index (κ3) is 3.23. The molecule has 0 aliphatic rings. The molecule has 0 aliphatic carbocycles. The minimum absolute atomic E-state index is 0.0401. The number of amides is 1. The van der Waals surface area contributed by atoms with Crippen LogP contribution >= 0.6 is 0 Å². The van der Waals surface area contributed by atoms with Gasteiger partial charge in [0.15, 0.2) is 0 Å². The lowest BCUT2D eigenvalue weighted by molar-refractivity contribution is -0.116. The Morgan fingerprint density at radius 1 is 1.36 bits per heavy atom. The van der Waals surface area contributed by atoms with E-state index in [1.54, 1.807) is 12.1 Å². The van der Waals surface area contributed by atoms with E-state index in [0.717, 1.165) is 5.69 Å². The average molecular weight is 189 g/mol. The van der Waals surface area contributed by atoms with Gasteiger partial charge in [-0.3, -0.25) is 9.59 Å². The van der Waals surface area contributed by atoms with Crippen molar-refractivity contribution < 1.29 is 9.59 Å². The molecule has 3 nitrogen and oxygen atoms in total. The highest BCUT2D eigenvalue weighted by Crippen LogP contribution is 2.06. The molecule has 1 N–H and O–H groups in total. The first-order chi connectivity index (χ1) is 6.72. The highest BCUT2D eigenvalue weighted by Gasteiger charge is 2.03. The molecular weight excluding hydrogens is 178 g/mol. The Bertz CT molecular complexity index is 344. The Balaban J connectivity index is 2.50. The number of carbonyl (C=O) groups excluding carboxylic acids is 2. The van der Waals surface area contributed by atoms with Crippen LogP contribution in [0.2, 0.25) is 0 Å². The highest BCUT2D eigenvalue weighted by atomic mass is 16.1. The van der Waals surface area contributed by atoms with Crippen LogP contribution in [0, 0.1) is 0 Å². The predicted octanol–water partition coefficient (Wildman–Crippen LogP) is 1.77. The second-order valence-electron chi connectivity index (χ2n) is 2.87. The van der Waals surface area contributed by atoms with Crippen LogP contribution in [-0.4, -0.2) is 12.2 Å². The summed E-state index contributed by atoms with van der Waals surface area (Å²) in [4.78, 5) is 21.5. The lowest BCUT2D eigenvalue weighted by Gasteiger charge is -2.03. The summed E-state index contributed by atoms with van der Waals surface area (Å²) in [5.74, 6) is -0.228. The van der Waals surface area contributed by atoms with E-state index in [2.05, 4.69) is 11.9 Å². The number of rotatable bonds is 4. The summed E-state index contributed by atoms with van der Waals surface area (Å²) in [6.07, 6.45) is 0.628. The van der Waals surface area contributed by atoms with Crippen molar-refractivity contribution >= 4 is 17.9 Å². The van der Waals surface area contributed by atoms with Gasteiger partial charge in [-0.05, 0) is 17.7 Å². The van der Waals surface area contributed by atoms with Gasteiger partial charge in [0.25, 0.3) is 0 Å². The fourth-order valence-electron chi connectivity index (χ4n) is 0.975. The first-order valence-electron chi connectivity index (χ1n) is 4.20. The lowest BCUT2D eigenvalue weighted by Crippen LogP contribution is -2.12. The van der Waals surface area contributed by atoms with Crippen LogP contribution in [0.4, 0.5) is 5.69 Å². The second-order valence-corrected chi connectivity index (χ2v) is 2.87. The second kappa shape index (κ2) is 4.97. The maximum absolute atomic E-state index is 11.3. The number of benzene rings is 1. The molecule has 0 bridgehead atoms. The molecule has 0 unspecified atom stereocenters. The topological polar surface area (TPSA) is 46.2 Å². The molecule has 1 aromatic rings. The standard InChI is InChI=1S/C11H11NO2/c1-9(8-13)7-11(14)12-10-5-3-2-4-6-10/h2-6,8H,1,7H2,(H,12,14). The Hall–Kier alpha value is -1.90. The average Bonchev–Trinajstić information content (AvgIpc) is 2.19. The van der Waals surface area contributed by atoms with Crippen molar-refractivity contribution in [3.05, 3.63) is 42.5 Å². The molecule has 1 amide bonds. The quantitative estimate of drug-likeness (QED) is 0.579. The van der Waals surface area contributed by atoms with Crippen molar-refractivity contribution in [3.8, 4) is 0 Å². The maximum Gasteiger partial charge on any atom is 0.228 e. The molecule has 0 atom stereocenters. The molecule has 0 spiro atoms. The van der Waals surface area contributed by atoms with Crippen molar-refractivity contribution in [2.75, 3.05) is 5.32 Å². The van der Waals surface area contributed by atoms with E-state index in [1.807, 2.05) is 18.2 Å². The van der Waals surface area contributed by atoms with Gasteiger partial charge in [0, 0.05) is 5.69 Å². The molecule has 0 aliphatic heterocycles. The van der Waals surface area contributed by atoms with Crippen molar-refractivity contribution in [1.29, 1.82) is 0 Å². The van der Waals surface area contributed by atoms with Gasteiger partial charge in [0.1, 0.15) is 6.29 Å². The third-order valence-corrected chi connectivity index (χ3v) is 1.61. The molecule has 72 valence electrons. The van der Waals surface area contributed by atoms with Crippen molar-refractivity contribution in [1.82, 2.24) is 0 Å². The van der Waals surface area contributed by atoms with E-state index in [4.69, 9.17) is 0 Å². The van der Waals surface area contributed by atoms with Crippen LogP contribution in [-0.2, 0) is 9.59 Å². The number of aldehydes is 1. The van der Waals surface area contributed by atoms with Crippen LogP contribution in [0.25, 0.3) is 0 Å². The molecule has 1 rings (SSSR count). The molecule has 0 saturated heterocycles. The molecule has 14 heavy (non-hydrogen) atoms. The molecule has 0 heterocycles. The number of carbonyl (C=O) groups is 2. The summed E-state index contributed by atoms with van der Waals surface area (Å²) in [7, 11) is 0. The van der Waals surface area contributed by atoms with E-state index >= 15 is 0 Å². The third-order valence-electron chi connectivity index (χ3n) is 1.61. The van der Waals surface area contributed by atoms with Gasteiger partial charge in [0.2, 0.25) is 5.91 Å². The number of nitrogens with one attached hydrogen (secondary N) is 1. The molecule has 0 radical (unpaired) electrons. The zero-order valence-corrected chi connectivity index (χ0v) is 7.69. The predicted molar refractivity (Wildman–Crippen MR) is 54.9 cm³/mol. The Morgan fingerprint density at radius 2 is 2.00 bits per heavy atom. The smallest absolute Gasteiger partial charge is 0.228 e. The number of hydrogen-bond donors (Lipinski definition) is 1. The van der Waals surface area contributed by atoms with E-state index in [9.17, 15) is 9.59 Å². The van der Waals surface area contributed by atoms with Crippen LogP contribution < -0.4 is 5.32 Å². The van der Waals surface area contributed by atoms with Crippen LogP contribution in [0.5, 0.6) is 0 Å². The minimum atomic E-state index is -0.228. The van der Waals surface area contributed by atoms with Gasteiger partial charge in [0.05, 0.1) is 6.42 Å². The monoisotopic (exact) mass is 189 g/mol. The fraction of sp³-hybridized carbons (Fsp3) is 0.0909.